The zero-order valence-electron chi connectivity index (χ0n) is 11.4. The van der Waals surface area contributed by atoms with E-state index in [1.54, 1.807) is 0 Å². The molecule has 0 unspecified atom stereocenters. The van der Waals surface area contributed by atoms with Crippen LogP contribution in [0.25, 0.3) is 0 Å². The Morgan fingerprint density at radius 2 is 2.17 bits per heavy atom. The highest BCUT2D eigenvalue weighted by Gasteiger charge is 2.20. The molecule has 1 aliphatic rings. The number of piperidine rings is 1. The summed E-state index contributed by atoms with van der Waals surface area (Å²) in [5.74, 6) is 1.77. The lowest BCUT2D eigenvalue weighted by atomic mass is 9.96. The average Bonchev–Trinajstić information content (AvgIpc) is 2.79. The first-order valence-corrected chi connectivity index (χ1v) is 6.69. The Labute approximate surface area is 109 Å². The van der Waals surface area contributed by atoms with Gasteiger partial charge < -0.3 is 15.2 Å². The highest BCUT2D eigenvalue weighted by Crippen LogP contribution is 2.19. The number of nitrogens with zero attached hydrogens (tertiary/aromatic N) is 3. The second-order valence-corrected chi connectivity index (χ2v) is 5.47. The van der Waals surface area contributed by atoms with Gasteiger partial charge in [0.05, 0.1) is 12.2 Å². The molecule has 5 heteroatoms. The molecule has 0 bridgehead atoms. The van der Waals surface area contributed by atoms with Crippen molar-refractivity contribution in [1.82, 2.24) is 15.0 Å². The summed E-state index contributed by atoms with van der Waals surface area (Å²) < 4.78 is 5.27. The second kappa shape index (κ2) is 6.31. The van der Waals surface area contributed by atoms with Gasteiger partial charge in [0.2, 0.25) is 0 Å². The third kappa shape index (κ3) is 3.80. The van der Waals surface area contributed by atoms with E-state index in [0.29, 0.717) is 6.54 Å². The normalized spacial score (nSPS) is 18.7. The number of hydrogen-bond donors (Lipinski definition) is 1. The Bertz CT molecular complexity index is 356. The molecule has 0 atom stereocenters. The number of rotatable bonds is 5. The van der Waals surface area contributed by atoms with Crippen LogP contribution in [-0.2, 0) is 13.1 Å². The van der Waals surface area contributed by atoms with E-state index in [4.69, 9.17) is 10.3 Å². The molecule has 102 valence electrons. The lowest BCUT2D eigenvalue weighted by Gasteiger charge is -2.32. The summed E-state index contributed by atoms with van der Waals surface area (Å²) >= 11 is 0. The third-order valence-electron chi connectivity index (χ3n) is 3.53. The van der Waals surface area contributed by atoms with Gasteiger partial charge in [-0.2, -0.15) is 0 Å². The van der Waals surface area contributed by atoms with Gasteiger partial charge in [-0.1, -0.05) is 5.16 Å². The number of nitrogens with two attached hydrogens (primary N) is 1. The van der Waals surface area contributed by atoms with Crippen LogP contribution in [0.2, 0.25) is 0 Å². The Kier molecular flexibility index (Phi) is 4.74. The minimum atomic E-state index is 0.453. The molecule has 1 aromatic heterocycles. The maximum Gasteiger partial charge on any atom is 0.151 e. The quantitative estimate of drug-likeness (QED) is 0.844. The standard InChI is InChI=1S/C13H24N4O/c1-16(2)9-11-3-5-17(6-4-11)10-13-7-12(8-14)15-18-13/h7,11H,3-6,8-10,14H2,1-2H3. The average molecular weight is 252 g/mol. The van der Waals surface area contributed by atoms with Crippen molar-refractivity contribution in [1.29, 1.82) is 0 Å². The molecule has 5 nitrogen and oxygen atoms in total. The van der Waals surface area contributed by atoms with Crippen molar-refractivity contribution in [3.05, 3.63) is 17.5 Å². The molecule has 2 N–H and O–H groups in total. The van der Waals surface area contributed by atoms with Crippen molar-refractivity contribution in [3.8, 4) is 0 Å². The van der Waals surface area contributed by atoms with Crippen molar-refractivity contribution in [2.75, 3.05) is 33.7 Å². The third-order valence-corrected chi connectivity index (χ3v) is 3.53. The molecule has 1 aliphatic heterocycles. The summed E-state index contributed by atoms with van der Waals surface area (Å²) in [4.78, 5) is 4.72. The molecular formula is C13H24N4O. The lowest BCUT2D eigenvalue weighted by Crippen LogP contribution is -2.36. The molecule has 0 spiro atoms. The van der Waals surface area contributed by atoms with Gasteiger partial charge in [0, 0.05) is 19.2 Å². The van der Waals surface area contributed by atoms with Gasteiger partial charge in [0.25, 0.3) is 0 Å². The van der Waals surface area contributed by atoms with E-state index in [0.717, 1.165) is 37.0 Å². The summed E-state index contributed by atoms with van der Waals surface area (Å²) in [6.07, 6.45) is 2.55. The van der Waals surface area contributed by atoms with Crippen molar-refractivity contribution in [2.45, 2.75) is 25.9 Å². The molecule has 0 aliphatic carbocycles. The lowest BCUT2D eigenvalue weighted by molar-refractivity contribution is 0.145. The van der Waals surface area contributed by atoms with E-state index < -0.39 is 0 Å². The van der Waals surface area contributed by atoms with E-state index >= 15 is 0 Å². The van der Waals surface area contributed by atoms with Crippen LogP contribution < -0.4 is 5.73 Å². The van der Waals surface area contributed by atoms with E-state index in [-0.39, 0.29) is 0 Å². The van der Waals surface area contributed by atoms with Crippen LogP contribution >= 0.6 is 0 Å². The summed E-state index contributed by atoms with van der Waals surface area (Å²) in [5.41, 5.74) is 6.36. The van der Waals surface area contributed by atoms with Crippen LogP contribution in [-0.4, -0.2) is 48.7 Å². The van der Waals surface area contributed by atoms with Crippen molar-refractivity contribution in [3.63, 3.8) is 0 Å². The first-order chi connectivity index (χ1) is 8.67. The van der Waals surface area contributed by atoms with Crippen LogP contribution in [0.15, 0.2) is 10.6 Å². The molecular weight excluding hydrogens is 228 g/mol. The van der Waals surface area contributed by atoms with Crippen molar-refractivity contribution < 1.29 is 4.52 Å². The molecule has 0 radical (unpaired) electrons. The highest BCUT2D eigenvalue weighted by molar-refractivity contribution is 5.04. The fourth-order valence-corrected chi connectivity index (χ4v) is 2.59. The van der Waals surface area contributed by atoms with E-state index in [2.05, 4.69) is 29.1 Å². The van der Waals surface area contributed by atoms with Gasteiger partial charge in [-0.25, -0.2) is 0 Å². The molecule has 2 heterocycles. The molecule has 0 aromatic carbocycles. The second-order valence-electron chi connectivity index (χ2n) is 5.47. The molecule has 18 heavy (non-hydrogen) atoms. The predicted octanol–water partition coefficient (Wildman–Crippen LogP) is 0.907. The molecule has 2 rings (SSSR count). The van der Waals surface area contributed by atoms with Crippen molar-refractivity contribution in [2.24, 2.45) is 11.7 Å². The Morgan fingerprint density at radius 1 is 1.44 bits per heavy atom. The minimum Gasteiger partial charge on any atom is -0.360 e. The molecule has 0 amide bonds. The van der Waals surface area contributed by atoms with Gasteiger partial charge in [-0.15, -0.1) is 0 Å². The predicted molar refractivity (Wildman–Crippen MR) is 70.9 cm³/mol. The number of likely N-dealkylation sites (tertiary alicyclic amines) is 1. The van der Waals surface area contributed by atoms with Crippen LogP contribution in [0.5, 0.6) is 0 Å². The number of aromatic nitrogens is 1. The Hall–Kier alpha value is -0.910. The van der Waals surface area contributed by atoms with Gasteiger partial charge >= 0.3 is 0 Å². The summed E-state index contributed by atoms with van der Waals surface area (Å²) in [7, 11) is 4.30. The molecule has 0 saturated carbocycles. The first kappa shape index (κ1) is 13.5. The molecule has 1 aromatic rings. The number of hydrogen-bond acceptors (Lipinski definition) is 5. The van der Waals surface area contributed by atoms with Crippen molar-refractivity contribution >= 4 is 0 Å². The minimum absolute atomic E-state index is 0.453. The van der Waals surface area contributed by atoms with Crippen LogP contribution in [0, 0.1) is 5.92 Å². The zero-order valence-corrected chi connectivity index (χ0v) is 11.4. The fourth-order valence-electron chi connectivity index (χ4n) is 2.59. The smallest absolute Gasteiger partial charge is 0.151 e. The Balaban J connectivity index is 1.76. The topological polar surface area (TPSA) is 58.5 Å². The molecule has 1 saturated heterocycles. The largest absolute Gasteiger partial charge is 0.360 e. The van der Waals surface area contributed by atoms with Gasteiger partial charge in [-0.3, -0.25) is 4.90 Å². The van der Waals surface area contributed by atoms with Gasteiger partial charge in [-0.05, 0) is 45.9 Å². The van der Waals surface area contributed by atoms with Crippen LogP contribution in [0.4, 0.5) is 0 Å². The zero-order chi connectivity index (χ0) is 13.0. The first-order valence-electron chi connectivity index (χ1n) is 6.69. The summed E-state index contributed by atoms with van der Waals surface area (Å²) in [6.45, 7) is 4.82. The SMILES string of the molecule is CN(C)CC1CCN(Cc2cc(CN)no2)CC1. The van der Waals surface area contributed by atoms with Gasteiger partial charge in [0.15, 0.2) is 5.76 Å². The van der Waals surface area contributed by atoms with E-state index in [1.165, 1.54) is 19.4 Å². The highest BCUT2D eigenvalue weighted by atomic mass is 16.5. The van der Waals surface area contributed by atoms with Crippen LogP contribution in [0.1, 0.15) is 24.3 Å². The monoisotopic (exact) mass is 252 g/mol. The fraction of sp³-hybridized carbons (Fsp3) is 0.769. The van der Waals surface area contributed by atoms with Crippen LogP contribution in [0.3, 0.4) is 0 Å². The molecule has 1 fully saturated rings. The maximum atomic E-state index is 5.52. The summed E-state index contributed by atoms with van der Waals surface area (Å²) in [5, 5.41) is 3.92. The maximum absolute atomic E-state index is 5.52. The summed E-state index contributed by atoms with van der Waals surface area (Å²) in [6, 6.07) is 1.96. The van der Waals surface area contributed by atoms with E-state index in [9.17, 15) is 0 Å². The van der Waals surface area contributed by atoms with E-state index in [1.807, 2.05) is 6.07 Å². The van der Waals surface area contributed by atoms with Gasteiger partial charge in [0.1, 0.15) is 0 Å². The Morgan fingerprint density at radius 3 is 2.72 bits per heavy atom.